The molecule has 0 aliphatic carbocycles. The Kier molecular flexibility index (Phi) is 5.56. The predicted octanol–water partition coefficient (Wildman–Crippen LogP) is -0.100. The van der Waals surface area contributed by atoms with E-state index in [2.05, 4.69) is 10.2 Å². The van der Waals surface area contributed by atoms with Crippen molar-refractivity contribution in [1.29, 1.82) is 0 Å². The summed E-state index contributed by atoms with van der Waals surface area (Å²) in [6, 6.07) is 0.460. The van der Waals surface area contributed by atoms with Gasteiger partial charge in [-0.1, -0.05) is 0 Å². The zero-order chi connectivity index (χ0) is 13.8. The van der Waals surface area contributed by atoms with Gasteiger partial charge in [0.25, 0.3) is 0 Å². The average molecular weight is 257 g/mol. The maximum Gasteiger partial charge on any atom is 0.236 e. The molecule has 5 nitrogen and oxygen atoms in total. The van der Waals surface area contributed by atoms with Crippen molar-refractivity contribution >= 4 is 5.91 Å². The number of carbonyl (C=O) groups excluding carboxylic acids is 1. The predicted molar refractivity (Wildman–Crippen MR) is 72.5 cm³/mol. The third kappa shape index (κ3) is 5.80. The second kappa shape index (κ2) is 6.50. The average Bonchev–Trinajstić information content (AvgIpc) is 2.27. The summed E-state index contributed by atoms with van der Waals surface area (Å²) in [4.78, 5) is 15.4. The highest BCUT2D eigenvalue weighted by Gasteiger charge is 2.22. The minimum atomic E-state index is -0.655. The molecule has 0 bridgehead atoms. The molecule has 0 radical (unpaired) electrons. The molecule has 0 saturated carbocycles. The van der Waals surface area contributed by atoms with Crippen LogP contribution in [0.25, 0.3) is 0 Å². The molecular formula is C13H27N3O2. The lowest BCUT2D eigenvalue weighted by molar-refractivity contribution is -0.130. The minimum Gasteiger partial charge on any atom is -0.389 e. The van der Waals surface area contributed by atoms with E-state index in [1.54, 1.807) is 19.0 Å². The first kappa shape index (κ1) is 15.4. The Morgan fingerprint density at radius 2 is 1.94 bits per heavy atom. The second-order valence-corrected chi connectivity index (χ2v) is 6.03. The molecule has 0 aromatic rings. The molecule has 1 aliphatic heterocycles. The number of aliphatic hydroxyl groups is 1. The SMILES string of the molecule is CN(C)C(=O)CN1CCC(NCC(C)(C)O)CC1. The van der Waals surface area contributed by atoms with Crippen LogP contribution in [0, 0.1) is 0 Å². The fourth-order valence-electron chi connectivity index (χ4n) is 2.02. The fourth-order valence-corrected chi connectivity index (χ4v) is 2.02. The van der Waals surface area contributed by atoms with Crippen molar-refractivity contribution < 1.29 is 9.90 Å². The molecule has 1 aliphatic rings. The van der Waals surface area contributed by atoms with Crippen molar-refractivity contribution in [3.05, 3.63) is 0 Å². The second-order valence-electron chi connectivity index (χ2n) is 6.03. The summed E-state index contributed by atoms with van der Waals surface area (Å²) in [5.74, 6) is 0.165. The normalized spacial score (nSPS) is 18.9. The van der Waals surface area contributed by atoms with Gasteiger partial charge in [0.2, 0.25) is 5.91 Å². The topological polar surface area (TPSA) is 55.8 Å². The number of nitrogens with zero attached hydrogens (tertiary/aromatic N) is 2. The van der Waals surface area contributed by atoms with Crippen LogP contribution in [0.15, 0.2) is 0 Å². The summed E-state index contributed by atoms with van der Waals surface area (Å²) < 4.78 is 0. The molecule has 0 spiro atoms. The Hall–Kier alpha value is -0.650. The highest BCUT2D eigenvalue weighted by Crippen LogP contribution is 2.11. The van der Waals surface area contributed by atoms with Crippen LogP contribution < -0.4 is 5.32 Å². The van der Waals surface area contributed by atoms with Crippen LogP contribution in [0.1, 0.15) is 26.7 Å². The number of hydrogen-bond acceptors (Lipinski definition) is 4. The molecular weight excluding hydrogens is 230 g/mol. The first-order valence-corrected chi connectivity index (χ1v) is 6.66. The van der Waals surface area contributed by atoms with Crippen LogP contribution in [0.2, 0.25) is 0 Å². The molecule has 18 heavy (non-hydrogen) atoms. The number of nitrogens with one attached hydrogen (secondary N) is 1. The minimum absolute atomic E-state index is 0.165. The Labute approximate surface area is 110 Å². The first-order chi connectivity index (χ1) is 8.28. The van der Waals surface area contributed by atoms with Crippen LogP contribution in [0.3, 0.4) is 0 Å². The number of likely N-dealkylation sites (tertiary alicyclic amines) is 1. The highest BCUT2D eigenvalue weighted by molar-refractivity contribution is 5.77. The molecule has 0 aromatic heterocycles. The summed E-state index contributed by atoms with van der Waals surface area (Å²) >= 11 is 0. The number of piperidine rings is 1. The van der Waals surface area contributed by atoms with E-state index >= 15 is 0 Å². The van der Waals surface area contributed by atoms with Gasteiger partial charge in [-0.05, 0) is 26.7 Å². The van der Waals surface area contributed by atoms with Crippen LogP contribution in [0.5, 0.6) is 0 Å². The van der Waals surface area contributed by atoms with Crippen LogP contribution in [0.4, 0.5) is 0 Å². The monoisotopic (exact) mass is 257 g/mol. The first-order valence-electron chi connectivity index (χ1n) is 6.66. The molecule has 1 amide bonds. The molecule has 1 fully saturated rings. The third-order valence-corrected chi connectivity index (χ3v) is 3.27. The molecule has 1 heterocycles. The van der Waals surface area contributed by atoms with Crippen molar-refractivity contribution in [2.24, 2.45) is 0 Å². The van der Waals surface area contributed by atoms with Crippen molar-refractivity contribution in [2.45, 2.75) is 38.3 Å². The van der Waals surface area contributed by atoms with Gasteiger partial charge >= 0.3 is 0 Å². The van der Waals surface area contributed by atoms with Crippen molar-refractivity contribution in [2.75, 3.05) is 40.3 Å². The van der Waals surface area contributed by atoms with Gasteiger partial charge in [0.05, 0.1) is 12.1 Å². The van der Waals surface area contributed by atoms with Gasteiger partial charge < -0.3 is 15.3 Å². The van der Waals surface area contributed by atoms with Crippen LogP contribution >= 0.6 is 0 Å². The van der Waals surface area contributed by atoms with Gasteiger partial charge in [0, 0.05) is 39.8 Å². The zero-order valence-electron chi connectivity index (χ0n) is 12.1. The van der Waals surface area contributed by atoms with E-state index < -0.39 is 5.60 Å². The molecule has 0 aromatic carbocycles. The van der Waals surface area contributed by atoms with Gasteiger partial charge in [-0.3, -0.25) is 9.69 Å². The summed E-state index contributed by atoms with van der Waals surface area (Å²) in [6.45, 7) is 6.65. The van der Waals surface area contributed by atoms with E-state index in [1.807, 2.05) is 13.8 Å². The Morgan fingerprint density at radius 3 is 2.39 bits per heavy atom. The summed E-state index contributed by atoms with van der Waals surface area (Å²) in [6.07, 6.45) is 2.08. The van der Waals surface area contributed by atoms with Gasteiger partial charge in [0.15, 0.2) is 0 Å². The van der Waals surface area contributed by atoms with E-state index in [4.69, 9.17) is 0 Å². The van der Waals surface area contributed by atoms with Crippen molar-refractivity contribution in [1.82, 2.24) is 15.1 Å². The summed E-state index contributed by atoms with van der Waals surface area (Å²) in [7, 11) is 3.58. The highest BCUT2D eigenvalue weighted by atomic mass is 16.3. The third-order valence-electron chi connectivity index (χ3n) is 3.27. The largest absolute Gasteiger partial charge is 0.389 e. The Bertz CT molecular complexity index is 266. The van der Waals surface area contributed by atoms with E-state index in [1.165, 1.54) is 0 Å². The molecule has 5 heteroatoms. The maximum atomic E-state index is 11.6. The molecule has 0 unspecified atom stereocenters. The van der Waals surface area contributed by atoms with Gasteiger partial charge in [-0.15, -0.1) is 0 Å². The quantitative estimate of drug-likeness (QED) is 0.722. The summed E-state index contributed by atoms with van der Waals surface area (Å²) in [5.41, 5.74) is -0.655. The Balaban J connectivity index is 2.22. The van der Waals surface area contributed by atoms with Crippen molar-refractivity contribution in [3.8, 4) is 0 Å². The number of rotatable bonds is 5. The molecule has 1 rings (SSSR count). The number of hydrogen-bond donors (Lipinski definition) is 2. The lowest BCUT2D eigenvalue weighted by Crippen LogP contribution is -2.48. The van der Waals surface area contributed by atoms with E-state index in [-0.39, 0.29) is 5.91 Å². The Morgan fingerprint density at radius 1 is 1.39 bits per heavy atom. The number of likely N-dealkylation sites (N-methyl/N-ethyl adjacent to an activating group) is 1. The standard InChI is InChI=1S/C13H27N3O2/c1-13(2,18)10-14-11-5-7-16(8-6-11)9-12(17)15(3)4/h11,14,18H,5-10H2,1-4H3. The smallest absolute Gasteiger partial charge is 0.236 e. The maximum absolute atomic E-state index is 11.6. The van der Waals surface area contributed by atoms with E-state index in [0.717, 1.165) is 25.9 Å². The van der Waals surface area contributed by atoms with Crippen LogP contribution in [-0.4, -0.2) is 72.7 Å². The van der Waals surface area contributed by atoms with E-state index in [9.17, 15) is 9.90 Å². The molecule has 2 N–H and O–H groups in total. The lowest BCUT2D eigenvalue weighted by Gasteiger charge is -2.33. The number of amides is 1. The van der Waals surface area contributed by atoms with E-state index in [0.29, 0.717) is 19.1 Å². The molecule has 0 atom stereocenters. The fraction of sp³-hybridized carbons (Fsp3) is 0.923. The zero-order valence-corrected chi connectivity index (χ0v) is 12.1. The van der Waals surface area contributed by atoms with Crippen molar-refractivity contribution in [3.63, 3.8) is 0 Å². The molecule has 106 valence electrons. The summed E-state index contributed by atoms with van der Waals surface area (Å²) in [5, 5.41) is 13.0. The number of carbonyl (C=O) groups is 1. The van der Waals surface area contributed by atoms with Gasteiger partial charge in [0.1, 0.15) is 0 Å². The van der Waals surface area contributed by atoms with Gasteiger partial charge in [-0.25, -0.2) is 0 Å². The van der Waals surface area contributed by atoms with Gasteiger partial charge in [-0.2, -0.15) is 0 Å². The van der Waals surface area contributed by atoms with Crippen LogP contribution in [-0.2, 0) is 4.79 Å². The molecule has 1 saturated heterocycles. The lowest BCUT2D eigenvalue weighted by atomic mass is 10.0.